The van der Waals surface area contributed by atoms with Gasteiger partial charge in [0, 0.05) is 12.3 Å². The Morgan fingerprint density at radius 3 is 2.70 bits per heavy atom. The molecule has 20 heavy (non-hydrogen) atoms. The van der Waals surface area contributed by atoms with Crippen LogP contribution in [0.1, 0.15) is 36.5 Å². The van der Waals surface area contributed by atoms with E-state index in [9.17, 15) is 8.42 Å². The highest BCUT2D eigenvalue weighted by atomic mass is 32.2. The van der Waals surface area contributed by atoms with Crippen LogP contribution >= 0.6 is 0 Å². The molecule has 0 saturated heterocycles. The predicted octanol–water partition coefficient (Wildman–Crippen LogP) is 2.13. The fourth-order valence-corrected chi connectivity index (χ4v) is 3.91. The van der Waals surface area contributed by atoms with Gasteiger partial charge in [-0.05, 0) is 55.3 Å². The maximum Gasteiger partial charge on any atom is 0.148 e. The molecular weight excluding hydrogens is 270 g/mol. The Kier molecular flexibility index (Phi) is 5.22. The van der Waals surface area contributed by atoms with Gasteiger partial charge in [0.25, 0.3) is 0 Å². The maximum atomic E-state index is 11.5. The number of hydrogen-bond donors (Lipinski definition) is 1. The second-order valence-electron chi connectivity index (χ2n) is 5.90. The fraction of sp³-hybridized carbons (Fsp3) is 0.625. The minimum atomic E-state index is -2.95. The zero-order valence-corrected chi connectivity index (χ0v) is 13.3. The third-order valence-electron chi connectivity index (χ3n) is 3.83. The number of hydrogen-bond acceptors (Lipinski definition) is 3. The predicted molar refractivity (Wildman–Crippen MR) is 84.0 cm³/mol. The first-order chi connectivity index (χ1) is 9.48. The zero-order valence-electron chi connectivity index (χ0n) is 12.5. The van der Waals surface area contributed by atoms with Gasteiger partial charge in [-0.1, -0.05) is 25.1 Å². The van der Waals surface area contributed by atoms with Crippen molar-refractivity contribution in [3.63, 3.8) is 0 Å². The number of aryl methyl sites for hydroxylation is 2. The topological polar surface area (TPSA) is 46.2 Å². The monoisotopic (exact) mass is 295 g/mol. The first-order valence-corrected chi connectivity index (χ1v) is 9.56. The highest BCUT2D eigenvalue weighted by Gasteiger charge is 2.17. The van der Waals surface area contributed by atoms with E-state index in [1.54, 1.807) is 0 Å². The molecule has 1 aliphatic rings. The molecule has 1 aromatic rings. The molecule has 0 aliphatic heterocycles. The highest BCUT2D eigenvalue weighted by Crippen LogP contribution is 2.23. The molecule has 0 saturated carbocycles. The van der Waals surface area contributed by atoms with Gasteiger partial charge in [0.15, 0.2) is 0 Å². The van der Waals surface area contributed by atoms with Crippen molar-refractivity contribution in [3.05, 3.63) is 34.9 Å². The van der Waals surface area contributed by atoms with E-state index in [4.69, 9.17) is 0 Å². The summed E-state index contributed by atoms with van der Waals surface area (Å²) in [6.07, 6.45) is 6.74. The number of rotatable bonds is 7. The van der Waals surface area contributed by atoms with Gasteiger partial charge in [-0.3, -0.25) is 0 Å². The van der Waals surface area contributed by atoms with Crippen molar-refractivity contribution >= 4 is 9.84 Å². The van der Waals surface area contributed by atoms with Gasteiger partial charge in [-0.2, -0.15) is 0 Å². The lowest BCUT2D eigenvalue weighted by molar-refractivity contribution is 0.530. The number of nitrogens with one attached hydrogen (secondary N) is 1. The second kappa shape index (κ2) is 6.72. The Hall–Kier alpha value is -0.870. The average molecular weight is 295 g/mol. The van der Waals surface area contributed by atoms with Gasteiger partial charge in [-0.25, -0.2) is 8.42 Å². The second-order valence-corrected chi connectivity index (χ2v) is 8.09. The molecule has 0 spiro atoms. The van der Waals surface area contributed by atoms with E-state index in [2.05, 4.69) is 30.4 Å². The summed E-state index contributed by atoms with van der Waals surface area (Å²) in [5.41, 5.74) is 4.17. The van der Waals surface area contributed by atoms with E-state index in [0.29, 0.717) is 0 Å². The largest absolute Gasteiger partial charge is 0.313 e. The molecule has 3 nitrogen and oxygen atoms in total. The molecule has 1 aromatic carbocycles. The normalized spacial score (nSPS) is 16.1. The molecule has 1 unspecified atom stereocenters. The summed E-state index contributed by atoms with van der Waals surface area (Å²) in [6, 6.07) is 6.66. The molecule has 112 valence electrons. The van der Waals surface area contributed by atoms with E-state index in [1.165, 1.54) is 42.2 Å². The lowest BCUT2D eigenvalue weighted by atomic mass is 10.0. The fourth-order valence-electron chi connectivity index (χ4n) is 2.94. The molecule has 1 N–H and O–H groups in total. The van der Waals surface area contributed by atoms with Crippen molar-refractivity contribution < 1.29 is 8.42 Å². The van der Waals surface area contributed by atoms with Crippen molar-refractivity contribution in [1.82, 2.24) is 5.32 Å². The van der Waals surface area contributed by atoms with Gasteiger partial charge in [-0.15, -0.1) is 0 Å². The molecule has 4 heteroatoms. The Bertz CT molecular complexity index is 552. The van der Waals surface area contributed by atoms with Crippen LogP contribution in [0.3, 0.4) is 0 Å². The van der Waals surface area contributed by atoms with Gasteiger partial charge in [0.05, 0.1) is 5.75 Å². The minimum Gasteiger partial charge on any atom is -0.313 e. The molecule has 0 radical (unpaired) electrons. The van der Waals surface area contributed by atoms with Crippen molar-refractivity contribution in [1.29, 1.82) is 0 Å². The molecule has 0 heterocycles. The van der Waals surface area contributed by atoms with E-state index in [1.807, 2.05) is 0 Å². The Morgan fingerprint density at radius 1 is 1.25 bits per heavy atom. The summed E-state index contributed by atoms with van der Waals surface area (Å²) >= 11 is 0. The van der Waals surface area contributed by atoms with Crippen molar-refractivity contribution in [2.24, 2.45) is 0 Å². The van der Waals surface area contributed by atoms with Crippen LogP contribution in [0, 0.1) is 0 Å². The molecular formula is C16H25NO2S. The Morgan fingerprint density at radius 2 is 2.00 bits per heavy atom. The smallest absolute Gasteiger partial charge is 0.148 e. The van der Waals surface area contributed by atoms with Crippen LogP contribution in [0.2, 0.25) is 0 Å². The number of benzene rings is 1. The van der Waals surface area contributed by atoms with E-state index < -0.39 is 9.84 Å². The first kappa shape index (κ1) is 15.5. The van der Waals surface area contributed by atoms with Gasteiger partial charge < -0.3 is 5.32 Å². The van der Waals surface area contributed by atoms with Gasteiger partial charge >= 0.3 is 0 Å². The summed E-state index contributed by atoms with van der Waals surface area (Å²) in [5, 5.41) is 3.36. The zero-order chi connectivity index (χ0) is 14.6. The van der Waals surface area contributed by atoms with Gasteiger partial charge in [0.2, 0.25) is 0 Å². The lowest BCUT2D eigenvalue weighted by Gasteiger charge is -2.18. The van der Waals surface area contributed by atoms with E-state index >= 15 is 0 Å². The van der Waals surface area contributed by atoms with E-state index in [-0.39, 0.29) is 11.8 Å². The maximum absolute atomic E-state index is 11.5. The van der Waals surface area contributed by atoms with Crippen LogP contribution < -0.4 is 5.32 Å². The van der Waals surface area contributed by atoms with Crippen LogP contribution in [0.15, 0.2) is 18.2 Å². The molecule has 0 aromatic heterocycles. The van der Waals surface area contributed by atoms with E-state index in [0.717, 1.165) is 19.4 Å². The van der Waals surface area contributed by atoms with Crippen LogP contribution in [-0.2, 0) is 29.1 Å². The van der Waals surface area contributed by atoms with Crippen molar-refractivity contribution in [3.8, 4) is 0 Å². The van der Waals surface area contributed by atoms with Crippen LogP contribution in [-0.4, -0.2) is 33.0 Å². The number of fused-ring (bicyclic) bond motifs is 1. The van der Waals surface area contributed by atoms with Crippen molar-refractivity contribution in [2.45, 2.75) is 45.1 Å². The Labute approximate surface area is 122 Å². The highest BCUT2D eigenvalue weighted by molar-refractivity contribution is 7.90. The SMILES string of the molecule is CCCNC(Cc1ccc2c(c1)CCC2)CS(C)(=O)=O. The van der Waals surface area contributed by atoms with Crippen molar-refractivity contribution in [2.75, 3.05) is 18.6 Å². The summed E-state index contributed by atoms with van der Waals surface area (Å²) < 4.78 is 23.1. The summed E-state index contributed by atoms with van der Waals surface area (Å²) in [5.74, 6) is 0.212. The van der Waals surface area contributed by atoms with Crippen LogP contribution in [0.25, 0.3) is 0 Å². The van der Waals surface area contributed by atoms with Crippen LogP contribution in [0.4, 0.5) is 0 Å². The standard InChI is InChI=1S/C16H25NO2S/c1-3-9-17-16(12-20(2,18)19)11-13-7-8-14-5-4-6-15(14)10-13/h7-8,10,16-17H,3-6,9,11-12H2,1-2H3. The van der Waals surface area contributed by atoms with Gasteiger partial charge in [0.1, 0.15) is 9.84 Å². The molecule has 0 fully saturated rings. The molecule has 1 atom stereocenters. The number of sulfone groups is 1. The summed E-state index contributed by atoms with van der Waals surface area (Å²) in [6.45, 7) is 2.96. The lowest BCUT2D eigenvalue weighted by Crippen LogP contribution is -2.37. The minimum absolute atomic E-state index is 0.0180. The first-order valence-electron chi connectivity index (χ1n) is 7.49. The molecule has 0 bridgehead atoms. The third-order valence-corrected chi connectivity index (χ3v) is 4.84. The molecule has 0 amide bonds. The Balaban J connectivity index is 2.06. The summed E-state index contributed by atoms with van der Waals surface area (Å²) in [7, 11) is -2.95. The molecule has 1 aliphatic carbocycles. The average Bonchev–Trinajstić information content (AvgIpc) is 2.81. The van der Waals surface area contributed by atoms with Crippen LogP contribution in [0.5, 0.6) is 0 Å². The third kappa shape index (κ3) is 4.60. The molecule has 2 rings (SSSR count). The quantitative estimate of drug-likeness (QED) is 0.838. The summed E-state index contributed by atoms with van der Waals surface area (Å²) in [4.78, 5) is 0.